The van der Waals surface area contributed by atoms with Crippen LogP contribution in [0.25, 0.3) is 0 Å². The van der Waals surface area contributed by atoms with Crippen LogP contribution in [-0.2, 0) is 5.75 Å². The van der Waals surface area contributed by atoms with Gasteiger partial charge in [-0.05, 0) is 23.8 Å². The fourth-order valence-corrected chi connectivity index (χ4v) is 2.38. The topological polar surface area (TPSA) is 0 Å². The van der Waals surface area contributed by atoms with Gasteiger partial charge >= 0.3 is 0 Å². The van der Waals surface area contributed by atoms with E-state index in [9.17, 15) is 4.39 Å². The third kappa shape index (κ3) is 3.79. The van der Waals surface area contributed by atoms with Crippen LogP contribution in [0.1, 0.15) is 12.5 Å². The van der Waals surface area contributed by atoms with Crippen molar-refractivity contribution in [3.63, 3.8) is 0 Å². The van der Waals surface area contributed by atoms with Crippen LogP contribution in [0.5, 0.6) is 0 Å². The van der Waals surface area contributed by atoms with E-state index >= 15 is 0 Å². The molecule has 1 aromatic rings. The van der Waals surface area contributed by atoms with E-state index in [1.807, 2.05) is 13.0 Å². The van der Waals surface area contributed by atoms with E-state index in [-0.39, 0.29) is 5.82 Å². The lowest BCUT2D eigenvalue weighted by atomic mass is 10.2. The van der Waals surface area contributed by atoms with Gasteiger partial charge in [0.05, 0.1) is 0 Å². The molecule has 78 valence electrons. The molecule has 0 aliphatic heterocycles. The third-order valence-corrected chi connectivity index (χ3v) is 4.10. The Bertz CT molecular complexity index is 306. The maximum absolute atomic E-state index is 13.3. The Kier molecular flexibility index (Phi) is 5.28. The van der Waals surface area contributed by atoms with Crippen LogP contribution < -0.4 is 0 Å². The molecule has 1 aromatic carbocycles. The first kappa shape index (κ1) is 12.3. The number of rotatable bonds is 4. The molecule has 0 bridgehead atoms. The molecule has 0 aromatic heterocycles. The number of alkyl halides is 1. The average Bonchev–Trinajstić information content (AvgIpc) is 2.19. The van der Waals surface area contributed by atoms with Crippen molar-refractivity contribution in [3.05, 3.63) is 34.1 Å². The van der Waals surface area contributed by atoms with Gasteiger partial charge in [0.15, 0.2) is 0 Å². The smallest absolute Gasteiger partial charge is 0.127 e. The molecule has 0 nitrogen and oxygen atoms in total. The predicted octanol–water partition coefficient (Wildman–Crippen LogP) is 4.45. The minimum atomic E-state index is -0.150. The molecule has 0 saturated heterocycles. The molecule has 0 fully saturated rings. The quantitative estimate of drug-likeness (QED) is 0.740. The molecular formula is C10H11BrClFS. The zero-order valence-electron chi connectivity index (χ0n) is 7.77. The Balaban J connectivity index is 2.62. The maximum atomic E-state index is 13.3. The number of benzene rings is 1. The van der Waals surface area contributed by atoms with Crippen molar-refractivity contribution in [2.75, 3.05) is 5.88 Å². The lowest BCUT2D eigenvalue weighted by molar-refractivity contribution is 0.617. The van der Waals surface area contributed by atoms with Gasteiger partial charge in [-0.1, -0.05) is 22.9 Å². The zero-order chi connectivity index (χ0) is 10.6. The van der Waals surface area contributed by atoms with Gasteiger partial charge in [-0.3, -0.25) is 0 Å². The summed E-state index contributed by atoms with van der Waals surface area (Å²) in [6.07, 6.45) is 0. The minimum Gasteiger partial charge on any atom is -0.207 e. The Labute approximate surface area is 101 Å². The fraction of sp³-hybridized carbons (Fsp3) is 0.400. The molecule has 0 heterocycles. The highest BCUT2D eigenvalue weighted by molar-refractivity contribution is 9.10. The molecule has 0 N–H and O–H groups in total. The van der Waals surface area contributed by atoms with Crippen LogP contribution in [0.15, 0.2) is 22.7 Å². The summed E-state index contributed by atoms with van der Waals surface area (Å²) in [7, 11) is 0. The average molecular weight is 298 g/mol. The normalized spacial score (nSPS) is 12.9. The fourth-order valence-electron chi connectivity index (χ4n) is 0.931. The molecule has 0 spiro atoms. The van der Waals surface area contributed by atoms with Gasteiger partial charge in [0, 0.05) is 21.4 Å². The number of halogens is 3. The zero-order valence-corrected chi connectivity index (χ0v) is 10.9. The van der Waals surface area contributed by atoms with Gasteiger partial charge in [0.25, 0.3) is 0 Å². The first-order valence-electron chi connectivity index (χ1n) is 4.25. The molecule has 0 aliphatic rings. The van der Waals surface area contributed by atoms with E-state index in [2.05, 4.69) is 15.9 Å². The molecular weight excluding hydrogens is 287 g/mol. The Hall–Kier alpha value is 0.270. The van der Waals surface area contributed by atoms with Gasteiger partial charge in [-0.2, -0.15) is 11.8 Å². The molecule has 4 heteroatoms. The lowest BCUT2D eigenvalue weighted by Gasteiger charge is -2.08. The second-order valence-electron chi connectivity index (χ2n) is 3.01. The first-order chi connectivity index (χ1) is 6.63. The summed E-state index contributed by atoms with van der Waals surface area (Å²) >= 11 is 10.6. The largest absolute Gasteiger partial charge is 0.207 e. The highest BCUT2D eigenvalue weighted by atomic mass is 79.9. The summed E-state index contributed by atoms with van der Waals surface area (Å²) in [5.74, 6) is 1.11. The Morgan fingerprint density at radius 2 is 2.29 bits per heavy atom. The summed E-state index contributed by atoms with van der Waals surface area (Å²) in [6, 6.07) is 4.99. The monoisotopic (exact) mass is 296 g/mol. The van der Waals surface area contributed by atoms with E-state index in [4.69, 9.17) is 11.6 Å². The molecule has 0 amide bonds. The molecule has 0 radical (unpaired) electrons. The van der Waals surface area contributed by atoms with Crippen molar-refractivity contribution < 1.29 is 4.39 Å². The van der Waals surface area contributed by atoms with Crippen molar-refractivity contribution in [2.45, 2.75) is 17.9 Å². The van der Waals surface area contributed by atoms with Crippen molar-refractivity contribution >= 4 is 39.3 Å². The molecule has 1 atom stereocenters. The number of hydrogen-bond donors (Lipinski definition) is 0. The maximum Gasteiger partial charge on any atom is 0.127 e. The van der Waals surface area contributed by atoms with Crippen LogP contribution in [0.4, 0.5) is 4.39 Å². The standard InChI is InChI=1S/C10H11BrClFS/c1-7(5-12)14-6-8-4-9(11)2-3-10(8)13/h2-4,7H,5-6H2,1H3. The molecule has 14 heavy (non-hydrogen) atoms. The summed E-state index contributed by atoms with van der Waals surface area (Å²) in [6.45, 7) is 2.04. The van der Waals surface area contributed by atoms with Gasteiger partial charge in [0.1, 0.15) is 5.82 Å². The number of thioether (sulfide) groups is 1. The third-order valence-electron chi connectivity index (χ3n) is 1.75. The van der Waals surface area contributed by atoms with Gasteiger partial charge < -0.3 is 0 Å². The summed E-state index contributed by atoms with van der Waals surface area (Å²) in [5, 5.41) is 0.357. The van der Waals surface area contributed by atoms with Crippen LogP contribution in [0.2, 0.25) is 0 Å². The van der Waals surface area contributed by atoms with Crippen molar-refractivity contribution in [2.24, 2.45) is 0 Å². The van der Waals surface area contributed by atoms with Crippen LogP contribution in [-0.4, -0.2) is 11.1 Å². The highest BCUT2D eigenvalue weighted by Crippen LogP contribution is 2.23. The second-order valence-corrected chi connectivity index (χ2v) is 5.66. The van der Waals surface area contributed by atoms with Crippen molar-refractivity contribution in [3.8, 4) is 0 Å². The summed E-state index contributed by atoms with van der Waals surface area (Å²) in [5.41, 5.74) is 0.723. The summed E-state index contributed by atoms with van der Waals surface area (Å²) < 4.78 is 14.2. The van der Waals surface area contributed by atoms with E-state index < -0.39 is 0 Å². The first-order valence-corrected chi connectivity index (χ1v) is 6.62. The lowest BCUT2D eigenvalue weighted by Crippen LogP contribution is -1.98. The van der Waals surface area contributed by atoms with E-state index in [1.165, 1.54) is 6.07 Å². The molecule has 1 unspecified atom stereocenters. The van der Waals surface area contributed by atoms with E-state index in [1.54, 1.807) is 17.8 Å². The van der Waals surface area contributed by atoms with Crippen LogP contribution in [0, 0.1) is 5.82 Å². The molecule has 0 aliphatic carbocycles. The Morgan fingerprint density at radius 3 is 2.93 bits per heavy atom. The molecule has 1 rings (SSSR count). The van der Waals surface area contributed by atoms with E-state index in [0.29, 0.717) is 16.9 Å². The van der Waals surface area contributed by atoms with Crippen molar-refractivity contribution in [1.82, 2.24) is 0 Å². The highest BCUT2D eigenvalue weighted by Gasteiger charge is 2.05. The van der Waals surface area contributed by atoms with Gasteiger partial charge in [0.2, 0.25) is 0 Å². The summed E-state index contributed by atoms with van der Waals surface area (Å²) in [4.78, 5) is 0. The van der Waals surface area contributed by atoms with Crippen LogP contribution in [0.3, 0.4) is 0 Å². The Morgan fingerprint density at radius 1 is 1.57 bits per heavy atom. The van der Waals surface area contributed by atoms with Crippen molar-refractivity contribution in [1.29, 1.82) is 0 Å². The van der Waals surface area contributed by atoms with E-state index in [0.717, 1.165) is 10.0 Å². The predicted molar refractivity (Wildman–Crippen MR) is 65.6 cm³/mol. The van der Waals surface area contributed by atoms with Gasteiger partial charge in [-0.15, -0.1) is 11.6 Å². The van der Waals surface area contributed by atoms with Crippen LogP contribution >= 0.6 is 39.3 Å². The number of hydrogen-bond acceptors (Lipinski definition) is 1. The molecule has 0 saturated carbocycles. The van der Waals surface area contributed by atoms with Gasteiger partial charge in [-0.25, -0.2) is 4.39 Å². The second kappa shape index (κ2) is 5.99. The minimum absolute atomic E-state index is 0.150. The SMILES string of the molecule is CC(CCl)SCc1cc(Br)ccc1F.